The molecule has 3 rings (SSSR count). The predicted octanol–water partition coefficient (Wildman–Crippen LogP) is 3.86. The van der Waals surface area contributed by atoms with Crippen molar-refractivity contribution in [2.24, 2.45) is 0 Å². The topological polar surface area (TPSA) is 9.23 Å². The summed E-state index contributed by atoms with van der Waals surface area (Å²) in [6.45, 7) is 0. The Kier molecular flexibility index (Phi) is 2.81. The van der Waals surface area contributed by atoms with Crippen molar-refractivity contribution in [3.8, 4) is 5.75 Å². The Morgan fingerprint density at radius 3 is 2.47 bits per heavy atom. The van der Waals surface area contributed by atoms with Crippen molar-refractivity contribution >= 4 is 12.6 Å². The van der Waals surface area contributed by atoms with E-state index in [0.717, 1.165) is 12.2 Å². The van der Waals surface area contributed by atoms with Crippen molar-refractivity contribution in [2.45, 2.75) is 17.8 Å². The van der Waals surface area contributed by atoms with Gasteiger partial charge in [0.2, 0.25) is 0 Å². The molecule has 0 aromatic heterocycles. The third-order valence-electron chi connectivity index (χ3n) is 3.20. The van der Waals surface area contributed by atoms with Crippen LogP contribution in [0.1, 0.15) is 23.5 Å². The quantitative estimate of drug-likeness (QED) is 0.747. The van der Waals surface area contributed by atoms with Gasteiger partial charge in [0.05, 0.1) is 0 Å². The van der Waals surface area contributed by atoms with Crippen molar-refractivity contribution in [1.82, 2.24) is 0 Å². The smallest absolute Gasteiger partial charge is 0.142 e. The van der Waals surface area contributed by atoms with Crippen molar-refractivity contribution in [3.63, 3.8) is 0 Å². The molecule has 2 atom stereocenters. The second-order valence-electron chi connectivity index (χ2n) is 4.31. The summed E-state index contributed by atoms with van der Waals surface area (Å²) < 4.78 is 5.75. The molecule has 1 heterocycles. The number of para-hydroxylation sites is 1. The minimum absolute atomic E-state index is 0.0184. The number of thiol groups is 1. The first-order valence-corrected chi connectivity index (χ1v) is 6.35. The van der Waals surface area contributed by atoms with E-state index in [-0.39, 0.29) is 5.44 Å². The van der Waals surface area contributed by atoms with Crippen LogP contribution in [-0.2, 0) is 0 Å². The molecule has 17 heavy (non-hydrogen) atoms. The molecule has 1 aliphatic rings. The van der Waals surface area contributed by atoms with E-state index < -0.39 is 0 Å². The second-order valence-corrected chi connectivity index (χ2v) is 4.89. The second kappa shape index (κ2) is 4.46. The molecule has 2 aromatic carbocycles. The summed E-state index contributed by atoms with van der Waals surface area (Å²) in [7, 11) is 0. The van der Waals surface area contributed by atoms with Crippen LogP contribution in [0.25, 0.3) is 0 Å². The number of hydrogen-bond acceptors (Lipinski definition) is 2. The molecule has 2 aromatic rings. The molecule has 1 nitrogen and oxygen atoms in total. The molecule has 0 saturated heterocycles. The maximum atomic E-state index is 5.75. The Labute approximate surface area is 107 Å². The van der Waals surface area contributed by atoms with Crippen LogP contribution in [0.5, 0.6) is 5.75 Å². The molecule has 0 N–H and O–H groups in total. The fourth-order valence-electron chi connectivity index (χ4n) is 2.40. The van der Waals surface area contributed by atoms with E-state index in [0.29, 0.717) is 5.92 Å². The Morgan fingerprint density at radius 2 is 1.65 bits per heavy atom. The van der Waals surface area contributed by atoms with Crippen LogP contribution in [0.3, 0.4) is 0 Å². The van der Waals surface area contributed by atoms with Gasteiger partial charge in [-0.1, -0.05) is 48.5 Å². The highest BCUT2D eigenvalue weighted by Crippen LogP contribution is 2.40. The van der Waals surface area contributed by atoms with E-state index in [4.69, 9.17) is 4.74 Å². The number of hydrogen-bond donors (Lipinski definition) is 1. The lowest BCUT2D eigenvalue weighted by molar-refractivity contribution is 0.247. The van der Waals surface area contributed by atoms with Gasteiger partial charge < -0.3 is 4.74 Å². The number of ether oxygens (including phenoxy) is 1. The molecule has 0 bridgehead atoms. The molecule has 0 radical (unpaired) electrons. The summed E-state index contributed by atoms with van der Waals surface area (Å²) in [5.74, 6) is 1.36. The first kappa shape index (κ1) is 10.7. The molecule has 0 amide bonds. The number of fused-ring (bicyclic) bond motifs is 1. The van der Waals surface area contributed by atoms with Gasteiger partial charge in [-0.05, 0) is 11.6 Å². The largest absolute Gasteiger partial charge is 0.480 e. The van der Waals surface area contributed by atoms with Gasteiger partial charge in [-0.25, -0.2) is 0 Å². The van der Waals surface area contributed by atoms with Gasteiger partial charge in [0.15, 0.2) is 0 Å². The molecular formula is C15H14OS. The fourth-order valence-corrected chi connectivity index (χ4v) is 2.72. The monoisotopic (exact) mass is 242 g/mol. The highest BCUT2D eigenvalue weighted by molar-refractivity contribution is 7.80. The Bertz CT molecular complexity index is 509. The van der Waals surface area contributed by atoms with Crippen LogP contribution in [0.2, 0.25) is 0 Å². The Balaban J connectivity index is 2.07. The molecular weight excluding hydrogens is 228 g/mol. The first-order chi connectivity index (χ1) is 8.34. The normalized spacial score (nSPS) is 22.6. The van der Waals surface area contributed by atoms with Gasteiger partial charge in [0.1, 0.15) is 11.2 Å². The third-order valence-corrected chi connectivity index (χ3v) is 3.51. The lowest BCUT2D eigenvalue weighted by Gasteiger charge is -2.30. The molecule has 2 heteroatoms. The molecule has 0 saturated carbocycles. The Hall–Kier alpha value is -1.41. The van der Waals surface area contributed by atoms with Gasteiger partial charge in [-0.15, -0.1) is 12.6 Å². The van der Waals surface area contributed by atoms with Gasteiger partial charge in [0.25, 0.3) is 0 Å². The van der Waals surface area contributed by atoms with Crippen LogP contribution >= 0.6 is 12.6 Å². The van der Waals surface area contributed by atoms with Crippen molar-refractivity contribution in [2.75, 3.05) is 0 Å². The van der Waals surface area contributed by atoms with E-state index in [1.165, 1.54) is 11.1 Å². The first-order valence-electron chi connectivity index (χ1n) is 5.83. The summed E-state index contributed by atoms with van der Waals surface area (Å²) >= 11 is 4.47. The van der Waals surface area contributed by atoms with E-state index in [2.05, 4.69) is 49.0 Å². The van der Waals surface area contributed by atoms with E-state index >= 15 is 0 Å². The lowest BCUT2D eigenvalue weighted by atomic mass is 9.87. The summed E-state index contributed by atoms with van der Waals surface area (Å²) in [5.41, 5.74) is 2.58. The third kappa shape index (κ3) is 2.05. The van der Waals surface area contributed by atoms with Crippen LogP contribution < -0.4 is 4.74 Å². The molecule has 1 aliphatic heterocycles. The van der Waals surface area contributed by atoms with Crippen molar-refractivity contribution in [3.05, 3.63) is 65.7 Å². The van der Waals surface area contributed by atoms with Crippen LogP contribution in [0.4, 0.5) is 0 Å². The SMILES string of the molecule is SC1CC(c2ccccc2)c2ccccc2O1. The van der Waals surface area contributed by atoms with Crippen molar-refractivity contribution in [1.29, 1.82) is 0 Å². The predicted molar refractivity (Wildman–Crippen MR) is 72.7 cm³/mol. The van der Waals surface area contributed by atoms with Gasteiger partial charge >= 0.3 is 0 Å². The molecule has 86 valence electrons. The standard InChI is InChI=1S/C15H14OS/c17-15-10-13(11-6-2-1-3-7-11)12-8-4-5-9-14(12)16-15/h1-9,13,15,17H,10H2. The molecule has 0 fully saturated rings. The highest BCUT2D eigenvalue weighted by atomic mass is 32.1. The maximum absolute atomic E-state index is 5.75. The van der Waals surface area contributed by atoms with E-state index in [9.17, 15) is 0 Å². The number of rotatable bonds is 1. The zero-order chi connectivity index (χ0) is 11.7. The average molecular weight is 242 g/mol. The summed E-state index contributed by atoms with van der Waals surface area (Å²) in [6.07, 6.45) is 0.921. The summed E-state index contributed by atoms with van der Waals surface area (Å²) in [5, 5.41) is 0. The molecule has 2 unspecified atom stereocenters. The van der Waals surface area contributed by atoms with Crippen LogP contribution in [0.15, 0.2) is 54.6 Å². The lowest BCUT2D eigenvalue weighted by Crippen LogP contribution is -2.21. The number of benzene rings is 2. The highest BCUT2D eigenvalue weighted by Gasteiger charge is 2.26. The summed E-state index contributed by atoms with van der Waals surface area (Å²) in [6, 6.07) is 18.8. The minimum Gasteiger partial charge on any atom is -0.480 e. The maximum Gasteiger partial charge on any atom is 0.142 e. The van der Waals surface area contributed by atoms with E-state index in [1.807, 2.05) is 18.2 Å². The molecule has 0 spiro atoms. The molecule has 0 aliphatic carbocycles. The van der Waals surface area contributed by atoms with Crippen LogP contribution in [0, 0.1) is 0 Å². The summed E-state index contributed by atoms with van der Waals surface area (Å²) in [4.78, 5) is 0. The van der Waals surface area contributed by atoms with Crippen LogP contribution in [-0.4, -0.2) is 5.44 Å². The van der Waals surface area contributed by atoms with Gasteiger partial charge in [0, 0.05) is 17.9 Å². The van der Waals surface area contributed by atoms with E-state index in [1.54, 1.807) is 0 Å². The zero-order valence-electron chi connectivity index (χ0n) is 9.41. The van der Waals surface area contributed by atoms with Gasteiger partial charge in [-0.2, -0.15) is 0 Å². The zero-order valence-corrected chi connectivity index (χ0v) is 10.3. The minimum atomic E-state index is -0.0184. The fraction of sp³-hybridized carbons (Fsp3) is 0.200. The average Bonchev–Trinajstić information content (AvgIpc) is 2.39. The van der Waals surface area contributed by atoms with Gasteiger partial charge in [-0.3, -0.25) is 0 Å². The Morgan fingerprint density at radius 1 is 0.941 bits per heavy atom. The van der Waals surface area contributed by atoms with Crippen molar-refractivity contribution < 1.29 is 4.74 Å².